The molecule has 1 aromatic rings. The van der Waals surface area contributed by atoms with Crippen LogP contribution in [0.25, 0.3) is 0 Å². The van der Waals surface area contributed by atoms with Crippen LogP contribution in [0.2, 0.25) is 0 Å². The second-order valence-corrected chi connectivity index (χ2v) is 17.2. The highest BCUT2D eigenvalue weighted by atomic mass is 16.2. The van der Waals surface area contributed by atoms with Crippen molar-refractivity contribution in [2.24, 2.45) is 28.6 Å². The summed E-state index contributed by atoms with van der Waals surface area (Å²) >= 11 is 0. The van der Waals surface area contributed by atoms with Gasteiger partial charge in [0.1, 0.15) is 12.1 Å². The van der Waals surface area contributed by atoms with Crippen molar-refractivity contribution in [3.63, 3.8) is 0 Å². The summed E-state index contributed by atoms with van der Waals surface area (Å²) in [7, 11) is 0. The van der Waals surface area contributed by atoms with Crippen molar-refractivity contribution in [2.45, 2.75) is 117 Å². The number of benzene rings is 1. The molecule has 1 unspecified atom stereocenters. The van der Waals surface area contributed by atoms with E-state index in [4.69, 9.17) is 0 Å². The van der Waals surface area contributed by atoms with Crippen LogP contribution in [0.3, 0.4) is 0 Å². The Morgan fingerprint density at radius 3 is 2.30 bits per heavy atom. The van der Waals surface area contributed by atoms with E-state index in [2.05, 4.69) is 41.7 Å². The van der Waals surface area contributed by atoms with Gasteiger partial charge in [-0.25, -0.2) is 4.79 Å². The summed E-state index contributed by atoms with van der Waals surface area (Å²) in [6, 6.07) is 4.34. The van der Waals surface area contributed by atoms with Gasteiger partial charge in [-0.05, 0) is 71.8 Å². The molecule has 5 rings (SSSR count). The Balaban J connectivity index is 1.39. The molecule has 12 nitrogen and oxygen atoms in total. The number of Topliss-reactive ketones (excluding diaryl/α,β-unsaturated/α-hetero) is 1. The van der Waals surface area contributed by atoms with Crippen molar-refractivity contribution >= 4 is 35.4 Å². The molecule has 1 aromatic carbocycles. The number of piperidine rings is 2. The van der Waals surface area contributed by atoms with E-state index in [0.717, 1.165) is 30.4 Å². The zero-order valence-electron chi connectivity index (χ0n) is 32.5. The van der Waals surface area contributed by atoms with E-state index in [0.29, 0.717) is 51.7 Å². The van der Waals surface area contributed by atoms with Gasteiger partial charge in [-0.1, -0.05) is 84.7 Å². The third-order valence-electron chi connectivity index (χ3n) is 12.2. The van der Waals surface area contributed by atoms with E-state index >= 15 is 0 Å². The third-order valence-corrected chi connectivity index (χ3v) is 12.2. The Morgan fingerprint density at radius 1 is 1.02 bits per heavy atom. The minimum Gasteiger partial charge on any atom is -0.346 e. The van der Waals surface area contributed by atoms with E-state index in [1.54, 1.807) is 4.90 Å². The van der Waals surface area contributed by atoms with Crippen molar-refractivity contribution in [1.29, 1.82) is 0 Å². The molecule has 2 heterocycles. The van der Waals surface area contributed by atoms with Gasteiger partial charge in [-0.15, -0.1) is 6.58 Å². The molecule has 53 heavy (non-hydrogen) atoms. The van der Waals surface area contributed by atoms with Crippen LogP contribution in [0.15, 0.2) is 36.9 Å². The highest BCUT2D eigenvalue weighted by molar-refractivity contribution is 6.38. The summed E-state index contributed by atoms with van der Waals surface area (Å²) in [6.07, 6.45) is 6.64. The molecule has 0 spiro atoms. The Morgan fingerprint density at radius 2 is 1.70 bits per heavy atom. The average molecular weight is 733 g/mol. The fraction of sp³-hybridized carbons (Fsp3) is 0.659. The molecule has 6 atom stereocenters. The van der Waals surface area contributed by atoms with Crippen molar-refractivity contribution < 1.29 is 28.8 Å². The van der Waals surface area contributed by atoms with Crippen LogP contribution in [0.4, 0.5) is 4.79 Å². The van der Waals surface area contributed by atoms with Gasteiger partial charge in [0.25, 0.3) is 5.91 Å². The smallest absolute Gasteiger partial charge is 0.315 e. The fourth-order valence-electron chi connectivity index (χ4n) is 8.70. The van der Waals surface area contributed by atoms with E-state index < -0.39 is 41.8 Å². The molecular weight excluding hydrogens is 672 g/mol. The molecule has 3 fully saturated rings. The Hall–Kier alpha value is -4.22. The molecule has 2 saturated heterocycles. The first-order chi connectivity index (χ1) is 25.1. The normalized spacial score (nSPS) is 23.6. The number of nitrogens with one attached hydrogen (secondary N) is 4. The number of hydrogen-bond acceptors (Lipinski definition) is 6. The van der Waals surface area contributed by atoms with Crippen LogP contribution < -0.4 is 21.3 Å². The number of carbonyl (C=O) groups is 6. The van der Waals surface area contributed by atoms with Gasteiger partial charge in [-0.2, -0.15) is 0 Å². The number of fused-ring (bicyclic) bond motifs is 2. The fourth-order valence-corrected chi connectivity index (χ4v) is 8.70. The third kappa shape index (κ3) is 8.95. The average Bonchev–Trinajstić information content (AvgIpc) is 3.47. The van der Waals surface area contributed by atoms with Crippen LogP contribution in [-0.4, -0.2) is 95.6 Å². The zero-order valence-corrected chi connectivity index (χ0v) is 32.5. The van der Waals surface area contributed by atoms with E-state index in [1.807, 2.05) is 56.9 Å². The monoisotopic (exact) mass is 732 g/mol. The summed E-state index contributed by atoms with van der Waals surface area (Å²) in [5, 5.41) is 11.6. The molecule has 4 aliphatic rings. The van der Waals surface area contributed by atoms with Crippen molar-refractivity contribution in [1.82, 2.24) is 31.1 Å². The topological polar surface area (TPSA) is 157 Å². The van der Waals surface area contributed by atoms with Gasteiger partial charge in [0.2, 0.25) is 23.5 Å². The molecule has 4 N–H and O–H groups in total. The summed E-state index contributed by atoms with van der Waals surface area (Å²) in [4.78, 5) is 85.2. The first kappa shape index (κ1) is 40.0. The molecule has 290 valence electrons. The highest BCUT2D eigenvalue weighted by Crippen LogP contribution is 2.65. The zero-order chi connectivity index (χ0) is 38.7. The van der Waals surface area contributed by atoms with Gasteiger partial charge in [0, 0.05) is 32.6 Å². The second kappa shape index (κ2) is 16.4. The van der Waals surface area contributed by atoms with E-state index in [9.17, 15) is 28.8 Å². The summed E-state index contributed by atoms with van der Waals surface area (Å²) < 4.78 is 0. The predicted molar refractivity (Wildman–Crippen MR) is 202 cm³/mol. The molecule has 2 aliphatic carbocycles. The molecular formula is C41H60N6O6. The number of amides is 6. The first-order valence-electron chi connectivity index (χ1n) is 19.5. The number of urea groups is 1. The number of ketones is 1. The van der Waals surface area contributed by atoms with Crippen LogP contribution in [-0.2, 0) is 36.8 Å². The maximum absolute atomic E-state index is 14.9. The minimum atomic E-state index is -1.03. The second-order valence-electron chi connectivity index (χ2n) is 17.2. The number of likely N-dealkylation sites (tertiary alicyclic amines) is 2. The lowest BCUT2D eigenvalue weighted by Crippen LogP contribution is -2.62. The molecule has 1 saturated carbocycles. The van der Waals surface area contributed by atoms with Gasteiger partial charge in [0.05, 0.1) is 12.1 Å². The standard InChI is InChI=1S/C41H60N6O6/c1-8-10-17-29(35(49)37(51)42-19-9-2)43-36(50)34-32-28(41(32,6)7)23-47(34)38(52)33(27-21-25-15-11-12-16-26(25)22-27)45-39(53)44-30(40(3,4)5)24-46-20-14-13-18-31(46)48/h9,11-12,15-16,27-30,32-34H,2,8,10,13-14,17-24H2,1,3-7H3,(H,42,51)(H,43,50)(H2,44,45,53)/t28-,29?,30+,32-,33-,34-/m0/s1. The van der Waals surface area contributed by atoms with Crippen molar-refractivity contribution in [3.05, 3.63) is 48.0 Å². The van der Waals surface area contributed by atoms with Crippen LogP contribution >= 0.6 is 0 Å². The maximum atomic E-state index is 14.9. The van der Waals surface area contributed by atoms with Gasteiger partial charge in [-0.3, -0.25) is 24.0 Å². The number of unbranched alkanes of at least 4 members (excludes halogenated alkanes) is 1. The minimum absolute atomic E-state index is 0.0745. The largest absolute Gasteiger partial charge is 0.346 e. The molecule has 2 aliphatic heterocycles. The SMILES string of the molecule is C=CCNC(=O)C(=O)C(CCCC)NC(=O)[C@@H]1[C@@H]2[C@H](CN1C(=O)[C@@H](NC(=O)N[C@H](CN1CCCCC1=O)C(C)(C)C)C1Cc3ccccc3C1)C2(C)C. The van der Waals surface area contributed by atoms with E-state index in [1.165, 1.54) is 6.08 Å². The van der Waals surface area contributed by atoms with Crippen LogP contribution in [0.1, 0.15) is 91.2 Å². The lowest BCUT2D eigenvalue weighted by Gasteiger charge is -2.38. The predicted octanol–water partition coefficient (Wildman–Crippen LogP) is 3.53. The summed E-state index contributed by atoms with van der Waals surface area (Å²) in [5.41, 5.74) is 1.68. The number of hydrogen-bond donors (Lipinski definition) is 4. The van der Waals surface area contributed by atoms with Crippen molar-refractivity contribution in [2.75, 3.05) is 26.2 Å². The maximum Gasteiger partial charge on any atom is 0.315 e. The number of nitrogens with zero attached hydrogens (tertiary/aromatic N) is 2. The number of rotatable bonds is 15. The van der Waals surface area contributed by atoms with Crippen molar-refractivity contribution in [3.8, 4) is 0 Å². The lowest BCUT2D eigenvalue weighted by atomic mass is 9.86. The summed E-state index contributed by atoms with van der Waals surface area (Å²) in [5.74, 6) is -2.53. The van der Waals surface area contributed by atoms with Crippen LogP contribution in [0, 0.1) is 28.6 Å². The molecule has 0 bridgehead atoms. The molecule has 12 heteroatoms. The summed E-state index contributed by atoms with van der Waals surface area (Å²) in [6.45, 7) is 17.3. The molecule has 0 radical (unpaired) electrons. The Kier molecular flexibility index (Phi) is 12.4. The van der Waals surface area contributed by atoms with E-state index in [-0.39, 0.29) is 53.0 Å². The Bertz CT molecular complexity index is 1560. The quantitative estimate of drug-likeness (QED) is 0.160. The molecule has 0 aromatic heterocycles. The molecule has 6 amide bonds. The highest BCUT2D eigenvalue weighted by Gasteiger charge is 2.70. The van der Waals surface area contributed by atoms with Gasteiger partial charge < -0.3 is 31.1 Å². The Labute approximate surface area is 314 Å². The van der Waals surface area contributed by atoms with Gasteiger partial charge in [0.15, 0.2) is 0 Å². The van der Waals surface area contributed by atoms with Gasteiger partial charge >= 0.3 is 6.03 Å². The van der Waals surface area contributed by atoms with Crippen LogP contribution in [0.5, 0.6) is 0 Å². The lowest BCUT2D eigenvalue weighted by molar-refractivity contribution is -0.144. The first-order valence-corrected chi connectivity index (χ1v) is 19.5. The number of carbonyl (C=O) groups excluding carboxylic acids is 6.